The summed E-state index contributed by atoms with van der Waals surface area (Å²) < 4.78 is 5.05. The minimum Gasteiger partial charge on any atom is -0.504 e. The van der Waals surface area contributed by atoms with E-state index in [4.69, 9.17) is 10.5 Å². The molecule has 1 aromatic rings. The molecule has 0 bridgehead atoms. The maximum Gasteiger partial charge on any atom is 0.239 e. The zero-order valence-electron chi connectivity index (χ0n) is 12.6. The second kappa shape index (κ2) is 7.14. The van der Waals surface area contributed by atoms with Gasteiger partial charge in [-0.1, -0.05) is 19.9 Å². The number of aromatic hydroxyl groups is 1. The van der Waals surface area contributed by atoms with Crippen molar-refractivity contribution in [1.29, 1.82) is 0 Å². The Balaban J connectivity index is 2.70. The topological polar surface area (TPSA) is 75.8 Å². The normalized spacial score (nSPS) is 12.3. The van der Waals surface area contributed by atoms with Gasteiger partial charge in [-0.05, 0) is 30.0 Å². The van der Waals surface area contributed by atoms with Gasteiger partial charge in [-0.25, -0.2) is 0 Å². The zero-order valence-corrected chi connectivity index (χ0v) is 12.6. The summed E-state index contributed by atoms with van der Waals surface area (Å²) in [5.74, 6) is 0.790. The first-order valence-corrected chi connectivity index (χ1v) is 6.71. The quantitative estimate of drug-likeness (QED) is 0.832. The van der Waals surface area contributed by atoms with Gasteiger partial charge in [0.25, 0.3) is 0 Å². The smallest absolute Gasteiger partial charge is 0.239 e. The summed E-state index contributed by atoms with van der Waals surface area (Å²) in [5.41, 5.74) is 6.78. The fourth-order valence-corrected chi connectivity index (χ4v) is 2.06. The monoisotopic (exact) mass is 280 g/mol. The van der Waals surface area contributed by atoms with Gasteiger partial charge in [0.15, 0.2) is 11.5 Å². The largest absolute Gasteiger partial charge is 0.504 e. The molecule has 0 spiro atoms. The SMILES string of the molecule is COc1cc(CN(C)C(=O)C(N)CC(C)C)ccc1O. The highest BCUT2D eigenvalue weighted by molar-refractivity contribution is 5.81. The van der Waals surface area contributed by atoms with Crippen LogP contribution < -0.4 is 10.5 Å². The van der Waals surface area contributed by atoms with Gasteiger partial charge in [-0.3, -0.25) is 4.79 Å². The van der Waals surface area contributed by atoms with Crippen LogP contribution in [0.2, 0.25) is 0 Å². The second-order valence-corrected chi connectivity index (χ2v) is 5.44. The summed E-state index contributed by atoms with van der Waals surface area (Å²) in [5, 5.41) is 9.54. The molecule has 1 atom stereocenters. The third-order valence-corrected chi connectivity index (χ3v) is 3.08. The minimum absolute atomic E-state index is 0.0780. The fourth-order valence-electron chi connectivity index (χ4n) is 2.06. The number of methoxy groups -OCH3 is 1. The predicted octanol–water partition coefficient (Wildman–Crippen LogP) is 1.73. The van der Waals surface area contributed by atoms with Crippen molar-refractivity contribution in [2.75, 3.05) is 14.2 Å². The van der Waals surface area contributed by atoms with Crippen molar-refractivity contribution in [2.24, 2.45) is 11.7 Å². The number of hydrogen-bond donors (Lipinski definition) is 2. The number of likely N-dealkylation sites (N-methyl/N-ethyl adjacent to an activating group) is 1. The number of phenolic OH excluding ortho intramolecular Hbond substituents is 1. The predicted molar refractivity (Wildman–Crippen MR) is 78.6 cm³/mol. The minimum atomic E-state index is -0.473. The molecule has 0 heterocycles. The van der Waals surface area contributed by atoms with E-state index in [1.165, 1.54) is 7.11 Å². The number of phenols is 1. The summed E-state index contributed by atoms with van der Waals surface area (Å²) >= 11 is 0. The van der Waals surface area contributed by atoms with E-state index < -0.39 is 6.04 Å². The molecule has 1 unspecified atom stereocenters. The number of carbonyl (C=O) groups excluding carboxylic acids is 1. The van der Waals surface area contributed by atoms with Crippen LogP contribution in [0.4, 0.5) is 0 Å². The lowest BCUT2D eigenvalue weighted by Crippen LogP contribution is -2.42. The maximum absolute atomic E-state index is 12.1. The van der Waals surface area contributed by atoms with E-state index in [1.807, 2.05) is 13.8 Å². The van der Waals surface area contributed by atoms with Crippen LogP contribution in [0.15, 0.2) is 18.2 Å². The lowest BCUT2D eigenvalue weighted by atomic mass is 10.0. The van der Waals surface area contributed by atoms with Crippen LogP contribution in [0.25, 0.3) is 0 Å². The molecule has 0 aliphatic rings. The van der Waals surface area contributed by atoms with Gasteiger partial charge >= 0.3 is 0 Å². The third kappa shape index (κ3) is 4.42. The van der Waals surface area contributed by atoms with E-state index in [1.54, 1.807) is 30.1 Å². The molecular formula is C15H24N2O3. The number of ether oxygens (including phenoxy) is 1. The molecule has 0 fully saturated rings. The van der Waals surface area contributed by atoms with Crippen molar-refractivity contribution in [2.45, 2.75) is 32.9 Å². The fraction of sp³-hybridized carbons (Fsp3) is 0.533. The Morgan fingerprint density at radius 2 is 2.10 bits per heavy atom. The Kier molecular flexibility index (Phi) is 5.82. The van der Waals surface area contributed by atoms with Crippen LogP contribution >= 0.6 is 0 Å². The van der Waals surface area contributed by atoms with Gasteiger partial charge in [-0.15, -0.1) is 0 Å². The van der Waals surface area contributed by atoms with Gasteiger partial charge in [0.05, 0.1) is 13.2 Å². The van der Waals surface area contributed by atoms with E-state index in [9.17, 15) is 9.90 Å². The van der Waals surface area contributed by atoms with Crippen molar-refractivity contribution in [1.82, 2.24) is 4.90 Å². The van der Waals surface area contributed by atoms with Crippen molar-refractivity contribution < 1.29 is 14.6 Å². The molecule has 0 saturated heterocycles. The molecule has 1 amide bonds. The highest BCUT2D eigenvalue weighted by Gasteiger charge is 2.19. The number of amides is 1. The summed E-state index contributed by atoms with van der Waals surface area (Å²) in [6.45, 7) is 4.51. The molecule has 0 radical (unpaired) electrons. The molecule has 1 aromatic carbocycles. The third-order valence-electron chi connectivity index (χ3n) is 3.08. The first kappa shape index (κ1) is 16.3. The summed E-state index contributed by atoms with van der Waals surface area (Å²) in [6, 6.07) is 4.56. The van der Waals surface area contributed by atoms with Crippen LogP contribution in [-0.2, 0) is 11.3 Å². The number of benzene rings is 1. The van der Waals surface area contributed by atoms with Crippen LogP contribution in [0, 0.1) is 5.92 Å². The van der Waals surface area contributed by atoms with E-state index >= 15 is 0 Å². The molecule has 3 N–H and O–H groups in total. The Morgan fingerprint density at radius 3 is 2.65 bits per heavy atom. The molecule has 5 nitrogen and oxygen atoms in total. The molecule has 0 aliphatic carbocycles. The number of hydrogen-bond acceptors (Lipinski definition) is 4. The Hall–Kier alpha value is -1.75. The van der Waals surface area contributed by atoms with Crippen molar-refractivity contribution in [3.8, 4) is 11.5 Å². The lowest BCUT2D eigenvalue weighted by molar-refractivity contribution is -0.132. The number of carbonyl (C=O) groups is 1. The summed E-state index contributed by atoms with van der Waals surface area (Å²) in [7, 11) is 3.22. The molecule has 0 aromatic heterocycles. The Labute approximate surface area is 120 Å². The van der Waals surface area contributed by atoms with Crippen LogP contribution in [0.5, 0.6) is 11.5 Å². The van der Waals surface area contributed by atoms with Crippen LogP contribution in [0.1, 0.15) is 25.8 Å². The van der Waals surface area contributed by atoms with Gasteiger partial charge in [0, 0.05) is 13.6 Å². The molecule has 0 aliphatic heterocycles. The second-order valence-electron chi connectivity index (χ2n) is 5.44. The highest BCUT2D eigenvalue weighted by Crippen LogP contribution is 2.26. The van der Waals surface area contributed by atoms with E-state index in [0.29, 0.717) is 24.6 Å². The number of nitrogens with zero attached hydrogens (tertiary/aromatic N) is 1. The standard InChI is InChI=1S/C15H24N2O3/c1-10(2)7-12(16)15(19)17(3)9-11-5-6-13(18)14(8-11)20-4/h5-6,8,10,12,18H,7,9,16H2,1-4H3. The average Bonchev–Trinajstić information content (AvgIpc) is 2.39. The highest BCUT2D eigenvalue weighted by atomic mass is 16.5. The number of rotatable bonds is 6. The Morgan fingerprint density at radius 1 is 1.45 bits per heavy atom. The van der Waals surface area contributed by atoms with E-state index in [-0.39, 0.29) is 11.7 Å². The van der Waals surface area contributed by atoms with E-state index in [2.05, 4.69) is 0 Å². The van der Waals surface area contributed by atoms with Gasteiger partial charge < -0.3 is 20.5 Å². The lowest BCUT2D eigenvalue weighted by Gasteiger charge is -2.22. The van der Waals surface area contributed by atoms with Gasteiger partial charge in [-0.2, -0.15) is 0 Å². The Bertz CT molecular complexity index is 460. The molecule has 20 heavy (non-hydrogen) atoms. The first-order chi connectivity index (χ1) is 9.35. The number of nitrogens with two attached hydrogens (primary N) is 1. The summed E-state index contributed by atoms with van der Waals surface area (Å²) in [6.07, 6.45) is 0.669. The molecule has 5 heteroatoms. The molecule has 1 rings (SSSR count). The van der Waals surface area contributed by atoms with Crippen molar-refractivity contribution in [3.05, 3.63) is 23.8 Å². The van der Waals surface area contributed by atoms with Crippen molar-refractivity contribution in [3.63, 3.8) is 0 Å². The summed E-state index contributed by atoms with van der Waals surface area (Å²) in [4.78, 5) is 13.7. The maximum atomic E-state index is 12.1. The van der Waals surface area contributed by atoms with Crippen molar-refractivity contribution >= 4 is 5.91 Å². The first-order valence-electron chi connectivity index (χ1n) is 6.71. The van der Waals surface area contributed by atoms with Gasteiger partial charge in [0.1, 0.15) is 0 Å². The molecular weight excluding hydrogens is 256 g/mol. The van der Waals surface area contributed by atoms with Crippen LogP contribution in [0.3, 0.4) is 0 Å². The molecule has 112 valence electrons. The van der Waals surface area contributed by atoms with E-state index in [0.717, 1.165) is 5.56 Å². The van der Waals surface area contributed by atoms with Crippen LogP contribution in [-0.4, -0.2) is 36.1 Å². The molecule has 0 saturated carbocycles. The van der Waals surface area contributed by atoms with Gasteiger partial charge in [0.2, 0.25) is 5.91 Å². The zero-order chi connectivity index (χ0) is 15.3. The average molecular weight is 280 g/mol.